The molecule has 126 valence electrons. The van der Waals surface area contributed by atoms with E-state index in [-0.39, 0.29) is 36.4 Å². The van der Waals surface area contributed by atoms with Gasteiger partial charge in [-0.3, -0.25) is 4.79 Å². The Kier molecular flexibility index (Phi) is 4.64. The number of carbonyl (C=O) groups is 2. The molecule has 2 rings (SSSR count). The summed E-state index contributed by atoms with van der Waals surface area (Å²) in [5.74, 6) is -0.796. The van der Waals surface area contributed by atoms with Crippen molar-refractivity contribution in [3.05, 3.63) is 0 Å². The first-order valence-electron chi connectivity index (χ1n) is 7.09. The van der Waals surface area contributed by atoms with Crippen molar-refractivity contribution in [1.29, 1.82) is 0 Å². The molecular weight excluding hydrogens is 332 g/mol. The molecule has 0 bridgehead atoms. The van der Waals surface area contributed by atoms with E-state index >= 15 is 0 Å². The van der Waals surface area contributed by atoms with Crippen LogP contribution in [-0.2, 0) is 19.4 Å². The highest BCUT2D eigenvalue weighted by Crippen LogP contribution is 2.28. The van der Waals surface area contributed by atoms with Gasteiger partial charge in [0.1, 0.15) is 11.5 Å². The normalized spacial score (nSPS) is 27.5. The molecule has 2 aliphatic heterocycles. The fraction of sp³-hybridized carbons (Fsp3) is 0.846. The van der Waals surface area contributed by atoms with Crippen LogP contribution in [0.5, 0.6) is 0 Å². The fourth-order valence-electron chi connectivity index (χ4n) is 2.89. The zero-order valence-electron chi connectivity index (χ0n) is 12.9. The van der Waals surface area contributed by atoms with Crippen molar-refractivity contribution in [3.8, 4) is 0 Å². The standard InChI is InChI=1S/C13H21ClN2O5S/c1-13(2,3)21-12(18)16-5-4-15(11(17)6-14)9-7-22(19,20)8-10(9)16/h9-10H,4-8H2,1-3H3/t9-,10-/m1/s1. The third-order valence-electron chi connectivity index (χ3n) is 3.74. The second-order valence-corrected chi connectivity index (χ2v) is 9.03. The molecule has 0 unspecified atom stereocenters. The number of carbonyl (C=O) groups excluding carboxylic acids is 2. The van der Waals surface area contributed by atoms with E-state index in [2.05, 4.69) is 0 Å². The van der Waals surface area contributed by atoms with E-state index in [9.17, 15) is 18.0 Å². The van der Waals surface area contributed by atoms with Crippen LogP contribution in [0, 0.1) is 0 Å². The van der Waals surface area contributed by atoms with E-state index in [0.717, 1.165) is 0 Å². The summed E-state index contributed by atoms with van der Waals surface area (Å²) in [6, 6.07) is -1.11. The van der Waals surface area contributed by atoms with E-state index in [4.69, 9.17) is 16.3 Å². The molecule has 2 amide bonds. The van der Waals surface area contributed by atoms with Gasteiger partial charge in [0.15, 0.2) is 9.84 Å². The molecule has 0 aromatic rings. The number of ether oxygens (including phenoxy) is 1. The van der Waals surface area contributed by atoms with Gasteiger partial charge in [-0.05, 0) is 20.8 Å². The third kappa shape index (κ3) is 3.65. The highest BCUT2D eigenvalue weighted by molar-refractivity contribution is 7.91. The van der Waals surface area contributed by atoms with Gasteiger partial charge in [0.05, 0.1) is 23.6 Å². The van der Waals surface area contributed by atoms with Gasteiger partial charge in [-0.1, -0.05) is 0 Å². The Hall–Kier alpha value is -1.02. The van der Waals surface area contributed by atoms with Crippen molar-refractivity contribution >= 4 is 33.4 Å². The first kappa shape index (κ1) is 17.3. The molecule has 22 heavy (non-hydrogen) atoms. The maximum absolute atomic E-state index is 12.3. The van der Waals surface area contributed by atoms with Crippen molar-refractivity contribution in [2.45, 2.75) is 38.5 Å². The Morgan fingerprint density at radius 2 is 1.64 bits per heavy atom. The summed E-state index contributed by atoms with van der Waals surface area (Å²) in [5, 5.41) is 0. The number of hydrogen-bond donors (Lipinski definition) is 0. The van der Waals surface area contributed by atoms with Crippen molar-refractivity contribution in [1.82, 2.24) is 9.80 Å². The molecule has 2 atom stereocenters. The van der Waals surface area contributed by atoms with Crippen LogP contribution in [0.2, 0.25) is 0 Å². The average molecular weight is 353 g/mol. The maximum Gasteiger partial charge on any atom is 0.410 e. The number of sulfone groups is 1. The molecule has 0 aromatic carbocycles. The van der Waals surface area contributed by atoms with Gasteiger partial charge in [0, 0.05) is 13.1 Å². The van der Waals surface area contributed by atoms with E-state index in [0.29, 0.717) is 0 Å². The van der Waals surface area contributed by atoms with Gasteiger partial charge in [-0.25, -0.2) is 13.2 Å². The van der Waals surface area contributed by atoms with Gasteiger partial charge in [0.25, 0.3) is 0 Å². The van der Waals surface area contributed by atoms with Gasteiger partial charge in [-0.2, -0.15) is 0 Å². The first-order chi connectivity index (χ1) is 10.0. The molecular formula is C13H21ClN2O5S. The number of amides is 2. The minimum absolute atomic E-state index is 0.139. The maximum atomic E-state index is 12.3. The summed E-state index contributed by atoms with van der Waals surface area (Å²) in [6.07, 6.45) is -0.544. The molecule has 9 heteroatoms. The Morgan fingerprint density at radius 1 is 1.14 bits per heavy atom. The molecule has 0 radical (unpaired) electrons. The zero-order valence-corrected chi connectivity index (χ0v) is 14.5. The number of fused-ring (bicyclic) bond motifs is 1. The van der Waals surface area contributed by atoms with Crippen LogP contribution in [0.1, 0.15) is 20.8 Å². The zero-order chi connectivity index (χ0) is 16.7. The molecule has 0 aliphatic carbocycles. The highest BCUT2D eigenvalue weighted by atomic mass is 35.5. The number of rotatable bonds is 1. The summed E-state index contributed by atoms with van der Waals surface area (Å²) < 4.78 is 29.3. The lowest BCUT2D eigenvalue weighted by atomic mass is 10.1. The van der Waals surface area contributed by atoms with Crippen molar-refractivity contribution in [2.75, 3.05) is 30.5 Å². The molecule has 2 heterocycles. The molecule has 0 saturated carbocycles. The number of nitrogens with zero attached hydrogens (tertiary/aromatic N) is 2. The lowest BCUT2D eigenvalue weighted by Crippen LogP contribution is -2.62. The third-order valence-corrected chi connectivity index (χ3v) is 5.67. The van der Waals surface area contributed by atoms with Crippen LogP contribution >= 0.6 is 11.6 Å². The molecule has 2 saturated heterocycles. The summed E-state index contributed by atoms with van der Waals surface area (Å²) >= 11 is 5.59. The van der Waals surface area contributed by atoms with E-state index < -0.39 is 33.6 Å². The van der Waals surface area contributed by atoms with Crippen LogP contribution in [-0.4, -0.2) is 78.4 Å². The van der Waals surface area contributed by atoms with Crippen molar-refractivity contribution in [2.24, 2.45) is 0 Å². The summed E-state index contributed by atoms with van der Waals surface area (Å²) in [6.45, 7) is 5.76. The monoisotopic (exact) mass is 352 g/mol. The quantitative estimate of drug-likeness (QED) is 0.640. The van der Waals surface area contributed by atoms with Crippen LogP contribution in [0.25, 0.3) is 0 Å². The van der Waals surface area contributed by atoms with Gasteiger partial charge in [-0.15, -0.1) is 11.6 Å². The molecule has 0 aromatic heterocycles. The lowest BCUT2D eigenvalue weighted by Gasteiger charge is -2.43. The SMILES string of the molecule is CC(C)(C)OC(=O)N1CCN(C(=O)CCl)[C@@H]2CS(=O)(=O)C[C@H]21. The van der Waals surface area contributed by atoms with Crippen molar-refractivity contribution in [3.63, 3.8) is 0 Å². The Morgan fingerprint density at radius 3 is 2.14 bits per heavy atom. The summed E-state index contributed by atoms with van der Waals surface area (Å²) in [4.78, 5) is 27.1. The van der Waals surface area contributed by atoms with Crippen LogP contribution in [0.3, 0.4) is 0 Å². The largest absolute Gasteiger partial charge is 0.444 e. The van der Waals surface area contributed by atoms with Gasteiger partial charge >= 0.3 is 6.09 Å². The molecule has 2 aliphatic rings. The van der Waals surface area contributed by atoms with E-state index in [1.807, 2.05) is 0 Å². The van der Waals surface area contributed by atoms with Crippen molar-refractivity contribution < 1.29 is 22.7 Å². The highest BCUT2D eigenvalue weighted by Gasteiger charge is 2.50. The molecule has 7 nitrogen and oxygen atoms in total. The number of alkyl halides is 1. The van der Waals surface area contributed by atoms with Crippen LogP contribution in [0.4, 0.5) is 4.79 Å². The topological polar surface area (TPSA) is 84.0 Å². The minimum Gasteiger partial charge on any atom is -0.444 e. The number of hydrogen-bond acceptors (Lipinski definition) is 5. The molecule has 0 spiro atoms. The lowest BCUT2D eigenvalue weighted by molar-refractivity contribution is -0.134. The average Bonchev–Trinajstić information content (AvgIpc) is 2.69. The first-order valence-corrected chi connectivity index (χ1v) is 9.45. The Bertz CT molecular complexity index is 571. The number of halogens is 1. The molecule has 2 fully saturated rings. The smallest absolute Gasteiger partial charge is 0.410 e. The summed E-state index contributed by atoms with van der Waals surface area (Å²) in [5.41, 5.74) is -0.660. The number of piperazine rings is 1. The van der Waals surface area contributed by atoms with E-state index in [1.165, 1.54) is 9.80 Å². The summed E-state index contributed by atoms with van der Waals surface area (Å²) in [7, 11) is -3.30. The van der Waals surface area contributed by atoms with Crippen LogP contribution < -0.4 is 0 Å². The Balaban J connectivity index is 2.23. The van der Waals surface area contributed by atoms with E-state index in [1.54, 1.807) is 20.8 Å². The second-order valence-electron chi connectivity index (χ2n) is 6.61. The Labute approximate surface area is 135 Å². The van der Waals surface area contributed by atoms with Gasteiger partial charge < -0.3 is 14.5 Å². The fourth-order valence-corrected chi connectivity index (χ4v) is 5.02. The second kappa shape index (κ2) is 5.88. The minimum atomic E-state index is -3.30. The van der Waals surface area contributed by atoms with Gasteiger partial charge in [0.2, 0.25) is 5.91 Å². The predicted octanol–water partition coefficient (Wildman–Crippen LogP) is 0.470. The molecule has 0 N–H and O–H groups in total. The van der Waals surface area contributed by atoms with Crippen LogP contribution in [0.15, 0.2) is 0 Å². The predicted molar refractivity (Wildman–Crippen MR) is 81.6 cm³/mol.